The number of piperazine rings is 1. The van der Waals surface area contributed by atoms with E-state index in [9.17, 15) is 8.42 Å². The molecule has 1 N–H and O–H groups in total. The summed E-state index contributed by atoms with van der Waals surface area (Å²) in [5.41, 5.74) is 0. The molecular formula is C10H16N3O2S+. The molecule has 0 amide bonds. The number of H-pyrrole nitrogens is 1. The summed E-state index contributed by atoms with van der Waals surface area (Å²) in [4.78, 5) is 5.30. The molecule has 88 valence electrons. The summed E-state index contributed by atoms with van der Waals surface area (Å²) in [6.45, 7) is 2.57. The van der Waals surface area contributed by atoms with Crippen LogP contribution in [-0.2, 0) is 10.0 Å². The van der Waals surface area contributed by atoms with Crippen molar-refractivity contribution in [1.82, 2.24) is 4.31 Å². The number of anilines is 1. The van der Waals surface area contributed by atoms with Gasteiger partial charge in [0.05, 0.1) is 38.6 Å². The highest BCUT2D eigenvalue weighted by atomic mass is 32.2. The third kappa shape index (κ3) is 2.51. The van der Waals surface area contributed by atoms with Crippen molar-refractivity contribution >= 4 is 15.8 Å². The van der Waals surface area contributed by atoms with Gasteiger partial charge in [0.2, 0.25) is 10.0 Å². The number of pyridine rings is 1. The minimum Gasteiger partial charge on any atom is -0.259 e. The van der Waals surface area contributed by atoms with Crippen LogP contribution < -0.4 is 9.88 Å². The Morgan fingerprint density at radius 1 is 1.19 bits per heavy atom. The van der Waals surface area contributed by atoms with Crippen molar-refractivity contribution in [3.63, 3.8) is 0 Å². The number of nitrogens with zero attached hydrogens (tertiary/aromatic N) is 2. The number of sulfonamides is 1. The zero-order valence-corrected chi connectivity index (χ0v) is 10.1. The molecule has 16 heavy (non-hydrogen) atoms. The van der Waals surface area contributed by atoms with Crippen molar-refractivity contribution in [3.8, 4) is 0 Å². The number of aromatic amines is 1. The lowest BCUT2D eigenvalue weighted by molar-refractivity contribution is -0.364. The maximum atomic E-state index is 11.3. The maximum Gasteiger partial charge on any atom is 0.274 e. The van der Waals surface area contributed by atoms with Gasteiger partial charge in [-0.2, -0.15) is 4.31 Å². The van der Waals surface area contributed by atoms with Crippen LogP contribution in [0.4, 0.5) is 5.82 Å². The van der Waals surface area contributed by atoms with Crippen LogP contribution in [0.5, 0.6) is 0 Å². The van der Waals surface area contributed by atoms with E-state index in [1.807, 2.05) is 24.4 Å². The maximum absolute atomic E-state index is 11.3. The first-order valence-corrected chi connectivity index (χ1v) is 7.09. The third-order valence-electron chi connectivity index (χ3n) is 2.74. The third-order valence-corrected chi connectivity index (χ3v) is 4.04. The average Bonchev–Trinajstić information content (AvgIpc) is 2.29. The Kier molecular flexibility index (Phi) is 3.11. The molecule has 1 fully saturated rings. The van der Waals surface area contributed by atoms with E-state index in [0.29, 0.717) is 13.1 Å². The van der Waals surface area contributed by atoms with Gasteiger partial charge in [0, 0.05) is 6.07 Å². The molecule has 0 unspecified atom stereocenters. The molecule has 0 aromatic carbocycles. The number of nitrogens with one attached hydrogen (secondary N) is 1. The minimum absolute atomic E-state index is 0.557. The van der Waals surface area contributed by atoms with Crippen molar-refractivity contribution in [2.24, 2.45) is 0 Å². The second kappa shape index (κ2) is 4.39. The Bertz CT molecular complexity index is 438. The molecule has 1 aliphatic rings. The molecule has 5 nitrogen and oxygen atoms in total. The van der Waals surface area contributed by atoms with Crippen LogP contribution in [-0.4, -0.2) is 45.2 Å². The van der Waals surface area contributed by atoms with Gasteiger partial charge in [-0.3, -0.25) is 4.90 Å². The van der Waals surface area contributed by atoms with Crippen LogP contribution >= 0.6 is 0 Å². The van der Waals surface area contributed by atoms with Crippen LogP contribution in [0.1, 0.15) is 0 Å². The Hall–Kier alpha value is -1.14. The van der Waals surface area contributed by atoms with E-state index in [4.69, 9.17) is 0 Å². The predicted octanol–water partition coefficient (Wildman–Crippen LogP) is -0.418. The normalized spacial score (nSPS) is 18.7. The monoisotopic (exact) mass is 242 g/mol. The molecule has 1 saturated heterocycles. The van der Waals surface area contributed by atoms with Crippen molar-refractivity contribution in [2.45, 2.75) is 0 Å². The number of hydrogen-bond donors (Lipinski definition) is 0. The summed E-state index contributed by atoms with van der Waals surface area (Å²) in [7, 11) is -3.04. The molecule has 0 atom stereocenters. The standard InChI is InChI=1S/C10H15N3O2S/c1-16(14,15)13-8-6-12(7-9-13)10-4-2-3-5-11-10/h2-5H,6-9H2,1H3/p+1. The van der Waals surface area contributed by atoms with Crippen LogP contribution in [0.2, 0.25) is 0 Å². The number of rotatable bonds is 2. The van der Waals surface area contributed by atoms with Crippen molar-refractivity contribution in [3.05, 3.63) is 24.4 Å². The Balaban J connectivity index is 2.01. The smallest absolute Gasteiger partial charge is 0.259 e. The first kappa shape index (κ1) is 11.3. The molecule has 1 aromatic rings. The van der Waals surface area contributed by atoms with Gasteiger partial charge in [0.1, 0.15) is 0 Å². The van der Waals surface area contributed by atoms with Crippen molar-refractivity contribution in [1.29, 1.82) is 0 Å². The van der Waals surface area contributed by atoms with E-state index in [-0.39, 0.29) is 0 Å². The van der Waals surface area contributed by atoms with Gasteiger partial charge in [0.15, 0.2) is 0 Å². The fourth-order valence-electron chi connectivity index (χ4n) is 1.84. The van der Waals surface area contributed by atoms with E-state index >= 15 is 0 Å². The molecular weight excluding hydrogens is 226 g/mol. The molecule has 0 saturated carbocycles. The first-order valence-electron chi connectivity index (χ1n) is 5.24. The number of aromatic nitrogens is 1. The summed E-state index contributed by atoms with van der Waals surface area (Å²) in [6.07, 6.45) is 3.13. The van der Waals surface area contributed by atoms with Gasteiger partial charge in [-0.25, -0.2) is 13.4 Å². The SMILES string of the molecule is CS(=O)(=O)N1CCN(c2cccc[nH+]2)CC1. The highest BCUT2D eigenvalue weighted by Crippen LogP contribution is 2.11. The topological polar surface area (TPSA) is 54.8 Å². The van der Waals surface area contributed by atoms with E-state index in [0.717, 1.165) is 18.9 Å². The molecule has 1 aromatic heterocycles. The lowest BCUT2D eigenvalue weighted by Gasteiger charge is -2.29. The fourth-order valence-corrected chi connectivity index (χ4v) is 2.67. The molecule has 0 radical (unpaired) electrons. The van der Waals surface area contributed by atoms with Gasteiger partial charge in [-0.1, -0.05) is 6.07 Å². The zero-order valence-electron chi connectivity index (χ0n) is 9.26. The summed E-state index contributed by atoms with van der Waals surface area (Å²) in [5, 5.41) is 0. The Labute approximate surface area is 95.8 Å². The summed E-state index contributed by atoms with van der Waals surface area (Å²) in [6, 6.07) is 5.89. The Morgan fingerprint density at radius 2 is 1.88 bits per heavy atom. The quantitative estimate of drug-likeness (QED) is 0.708. The molecule has 2 rings (SSSR count). The van der Waals surface area contributed by atoms with Crippen LogP contribution in [0.25, 0.3) is 0 Å². The van der Waals surface area contributed by atoms with E-state index in [1.165, 1.54) is 10.6 Å². The summed E-state index contributed by atoms with van der Waals surface area (Å²) < 4.78 is 24.2. The first-order chi connectivity index (χ1) is 7.57. The largest absolute Gasteiger partial charge is 0.274 e. The molecule has 2 heterocycles. The average molecular weight is 242 g/mol. The lowest BCUT2D eigenvalue weighted by Crippen LogP contribution is -2.49. The van der Waals surface area contributed by atoms with Crippen LogP contribution in [0, 0.1) is 0 Å². The van der Waals surface area contributed by atoms with Crippen LogP contribution in [0.15, 0.2) is 24.4 Å². The Morgan fingerprint density at radius 3 is 2.38 bits per heavy atom. The van der Waals surface area contributed by atoms with Gasteiger partial charge in [0.25, 0.3) is 5.82 Å². The lowest BCUT2D eigenvalue weighted by atomic mass is 10.3. The van der Waals surface area contributed by atoms with E-state index < -0.39 is 10.0 Å². The highest BCUT2D eigenvalue weighted by molar-refractivity contribution is 7.88. The second-order valence-electron chi connectivity index (χ2n) is 3.90. The van der Waals surface area contributed by atoms with Gasteiger partial charge in [-0.15, -0.1) is 0 Å². The number of hydrogen-bond acceptors (Lipinski definition) is 3. The molecule has 0 bridgehead atoms. The molecule has 0 aliphatic carbocycles. The molecule has 1 aliphatic heterocycles. The van der Waals surface area contributed by atoms with E-state index in [2.05, 4.69) is 9.88 Å². The van der Waals surface area contributed by atoms with Gasteiger partial charge >= 0.3 is 0 Å². The fraction of sp³-hybridized carbons (Fsp3) is 0.500. The van der Waals surface area contributed by atoms with Crippen molar-refractivity contribution in [2.75, 3.05) is 37.3 Å². The summed E-state index contributed by atoms with van der Waals surface area (Å²) >= 11 is 0. The molecule has 0 spiro atoms. The van der Waals surface area contributed by atoms with Crippen molar-refractivity contribution < 1.29 is 13.4 Å². The van der Waals surface area contributed by atoms with Crippen LogP contribution in [0.3, 0.4) is 0 Å². The highest BCUT2D eigenvalue weighted by Gasteiger charge is 2.27. The van der Waals surface area contributed by atoms with Gasteiger partial charge in [-0.05, 0) is 6.07 Å². The minimum atomic E-state index is -3.04. The second-order valence-corrected chi connectivity index (χ2v) is 5.88. The van der Waals surface area contributed by atoms with Gasteiger partial charge < -0.3 is 0 Å². The predicted molar refractivity (Wildman–Crippen MR) is 61.6 cm³/mol. The summed E-state index contributed by atoms with van der Waals surface area (Å²) in [5.74, 6) is 1.04. The molecule has 6 heteroatoms. The van der Waals surface area contributed by atoms with E-state index in [1.54, 1.807) is 0 Å². The zero-order chi connectivity index (χ0) is 11.6.